The van der Waals surface area contributed by atoms with Gasteiger partial charge in [0.15, 0.2) is 0 Å². The van der Waals surface area contributed by atoms with Gasteiger partial charge in [0.2, 0.25) is 5.91 Å². The predicted molar refractivity (Wildman–Crippen MR) is 323 cm³/mol. The van der Waals surface area contributed by atoms with Gasteiger partial charge < -0.3 is 19.8 Å². The number of carbonyl (C=O) groups excluding carboxylic acids is 1. The lowest BCUT2D eigenvalue weighted by Crippen LogP contribution is -2.45. The van der Waals surface area contributed by atoms with Crippen molar-refractivity contribution in [3.8, 4) is 0 Å². The number of hydrogen-bond acceptors (Lipinski definition) is 5. The van der Waals surface area contributed by atoms with Gasteiger partial charge in [-0.25, -0.2) is 4.57 Å². The molecule has 0 fully saturated rings. The molecule has 3 N–H and O–H groups in total. The van der Waals surface area contributed by atoms with Gasteiger partial charge in [0.1, 0.15) is 13.2 Å². The van der Waals surface area contributed by atoms with E-state index in [0.29, 0.717) is 17.4 Å². The van der Waals surface area contributed by atoms with Gasteiger partial charge in [-0.1, -0.05) is 294 Å². The Morgan fingerprint density at radius 1 is 0.459 bits per heavy atom. The fourth-order valence-electron chi connectivity index (χ4n) is 9.52. The van der Waals surface area contributed by atoms with E-state index in [0.717, 1.165) is 51.4 Å². The molecular weight excluding hydrogens is 936 g/mol. The van der Waals surface area contributed by atoms with Gasteiger partial charge in [0.25, 0.3) is 0 Å². The third-order valence-corrected chi connectivity index (χ3v) is 15.5. The number of allylic oxidation sites excluding steroid dienone is 7. The predicted octanol–water partition coefficient (Wildman–Crippen LogP) is 19.9. The number of amides is 1. The molecule has 74 heavy (non-hydrogen) atoms. The molecule has 0 spiro atoms. The smallest absolute Gasteiger partial charge is 0.387 e. The van der Waals surface area contributed by atoms with Gasteiger partial charge >= 0.3 is 7.82 Å². The zero-order valence-corrected chi connectivity index (χ0v) is 50.7. The second-order valence-corrected chi connectivity index (χ2v) is 24.6. The Morgan fingerprint density at radius 3 is 1.12 bits per heavy atom. The molecule has 8 nitrogen and oxygen atoms in total. The summed E-state index contributed by atoms with van der Waals surface area (Å²) in [5.74, 6) is -0.173. The molecule has 3 atom stereocenters. The van der Waals surface area contributed by atoms with E-state index in [9.17, 15) is 19.4 Å². The molecule has 0 aliphatic heterocycles. The third-order valence-electron chi connectivity index (χ3n) is 14.5. The number of likely N-dealkylation sites (N-methyl/N-ethyl adjacent to an activating group) is 1. The van der Waals surface area contributed by atoms with E-state index < -0.39 is 20.0 Å². The number of nitrogens with zero attached hydrogens (tertiary/aromatic N) is 1. The molecule has 0 aromatic heterocycles. The minimum Gasteiger partial charge on any atom is -0.387 e. The summed E-state index contributed by atoms with van der Waals surface area (Å²) in [6.45, 7) is 4.82. The highest BCUT2D eigenvalue weighted by Gasteiger charge is 2.28. The second kappa shape index (κ2) is 56.2. The Bertz CT molecular complexity index is 1340. The van der Waals surface area contributed by atoms with Crippen LogP contribution in [0.25, 0.3) is 0 Å². The van der Waals surface area contributed by atoms with Crippen molar-refractivity contribution in [3.05, 3.63) is 48.6 Å². The first-order valence-corrected chi connectivity index (χ1v) is 33.5. The van der Waals surface area contributed by atoms with E-state index in [1.807, 2.05) is 27.2 Å². The number of aliphatic hydroxyl groups excluding tert-OH is 1. The highest BCUT2D eigenvalue weighted by Crippen LogP contribution is 2.43. The normalized spacial score (nSPS) is 14.1. The number of carbonyl (C=O) groups is 1. The lowest BCUT2D eigenvalue weighted by molar-refractivity contribution is -0.870. The molecule has 0 heterocycles. The van der Waals surface area contributed by atoms with Gasteiger partial charge in [-0.15, -0.1) is 0 Å². The fourth-order valence-corrected chi connectivity index (χ4v) is 10.3. The van der Waals surface area contributed by atoms with E-state index >= 15 is 0 Å². The van der Waals surface area contributed by atoms with Crippen molar-refractivity contribution in [2.75, 3.05) is 40.9 Å². The van der Waals surface area contributed by atoms with Crippen molar-refractivity contribution >= 4 is 13.7 Å². The Labute approximate surface area is 460 Å². The zero-order valence-electron chi connectivity index (χ0n) is 49.8. The van der Waals surface area contributed by atoms with E-state index in [1.54, 1.807) is 6.08 Å². The van der Waals surface area contributed by atoms with Gasteiger partial charge in [-0.3, -0.25) is 13.8 Å². The Balaban J connectivity index is 3.88. The summed E-state index contributed by atoms with van der Waals surface area (Å²) in [7, 11) is 1.58. The molecule has 0 aliphatic carbocycles. The van der Waals surface area contributed by atoms with Crippen LogP contribution >= 0.6 is 7.82 Å². The first-order chi connectivity index (χ1) is 36.0. The first-order valence-electron chi connectivity index (χ1n) is 32.0. The molecule has 0 rings (SSSR count). The Morgan fingerprint density at radius 2 is 0.770 bits per heavy atom. The van der Waals surface area contributed by atoms with Crippen LogP contribution in [0.4, 0.5) is 0 Å². The van der Waals surface area contributed by atoms with Gasteiger partial charge in [0, 0.05) is 6.42 Å². The van der Waals surface area contributed by atoms with Crippen LogP contribution in [-0.4, -0.2) is 73.4 Å². The number of unbranched alkanes of at least 4 members (excludes halogenated alkanes) is 40. The quantitative estimate of drug-likeness (QED) is 0.0243. The average molecular weight is 1060 g/mol. The van der Waals surface area contributed by atoms with Crippen molar-refractivity contribution in [2.45, 2.75) is 321 Å². The zero-order chi connectivity index (χ0) is 54.2. The van der Waals surface area contributed by atoms with Crippen molar-refractivity contribution in [1.29, 1.82) is 0 Å². The summed E-state index contributed by atoms with van der Waals surface area (Å²) in [6.07, 6.45) is 75.4. The Hall–Kier alpha value is -1.54. The summed E-state index contributed by atoms with van der Waals surface area (Å²) in [5, 5.41) is 13.9. The number of phosphoric acid groups is 1. The summed E-state index contributed by atoms with van der Waals surface area (Å²) >= 11 is 0. The average Bonchev–Trinajstić information content (AvgIpc) is 3.36. The molecule has 9 heteroatoms. The molecule has 0 bridgehead atoms. The maximum atomic E-state index is 13.0. The number of nitrogens with one attached hydrogen (secondary N) is 1. The molecule has 0 aliphatic rings. The van der Waals surface area contributed by atoms with Crippen molar-refractivity contribution < 1.29 is 32.9 Å². The van der Waals surface area contributed by atoms with Crippen molar-refractivity contribution in [1.82, 2.24) is 5.32 Å². The fraction of sp³-hybridized carbons (Fsp3) is 0.862. The molecule has 0 aromatic rings. The van der Waals surface area contributed by atoms with E-state index in [1.165, 1.54) is 238 Å². The maximum Gasteiger partial charge on any atom is 0.472 e. The first kappa shape index (κ1) is 72.5. The van der Waals surface area contributed by atoms with Crippen LogP contribution in [0.5, 0.6) is 0 Å². The molecule has 1 amide bonds. The van der Waals surface area contributed by atoms with Crippen molar-refractivity contribution in [2.24, 2.45) is 0 Å². The highest BCUT2D eigenvalue weighted by molar-refractivity contribution is 7.47. The lowest BCUT2D eigenvalue weighted by Gasteiger charge is -2.25. The van der Waals surface area contributed by atoms with Crippen LogP contribution in [-0.2, 0) is 18.4 Å². The van der Waals surface area contributed by atoms with Crippen LogP contribution in [0.3, 0.4) is 0 Å². The minimum atomic E-state index is -4.34. The van der Waals surface area contributed by atoms with Crippen LogP contribution in [0.1, 0.15) is 309 Å². The van der Waals surface area contributed by atoms with Crippen LogP contribution in [0.15, 0.2) is 48.6 Å². The topological polar surface area (TPSA) is 105 Å². The minimum absolute atomic E-state index is 0.0629. The Kier molecular flexibility index (Phi) is 55.0. The second-order valence-electron chi connectivity index (χ2n) is 23.1. The van der Waals surface area contributed by atoms with E-state index in [2.05, 4.69) is 55.6 Å². The van der Waals surface area contributed by atoms with Crippen LogP contribution in [0.2, 0.25) is 0 Å². The molecule has 0 saturated carbocycles. The monoisotopic (exact) mass is 1060 g/mol. The standard InChI is InChI=1S/C65H125N2O6P/c1-6-8-10-12-14-16-18-20-21-22-23-24-25-26-27-28-29-30-31-32-33-34-35-36-37-38-39-40-41-42-43-44-45-47-49-51-53-55-57-59-65(69)66-63(62-73-74(70,71)72-61-60-67(3,4)5)64(68)58-56-54-52-50-48-46-19-17-15-13-11-9-7-2/h18,20,22-23,25-26,56,58,63-64,68H,6-17,19,21,24,27-55,57,59-62H2,1-5H3,(H-,66,69,70,71)/p+1/b20-18-,23-22-,26-25-,58-56+. The third kappa shape index (κ3) is 58.1. The largest absolute Gasteiger partial charge is 0.472 e. The number of phosphoric ester groups is 1. The lowest BCUT2D eigenvalue weighted by atomic mass is 10.0. The van der Waals surface area contributed by atoms with Crippen molar-refractivity contribution in [3.63, 3.8) is 0 Å². The molecule has 3 unspecified atom stereocenters. The van der Waals surface area contributed by atoms with E-state index in [-0.39, 0.29) is 19.1 Å². The number of hydrogen-bond donors (Lipinski definition) is 3. The molecule has 0 radical (unpaired) electrons. The summed E-state index contributed by atoms with van der Waals surface area (Å²) in [4.78, 5) is 23.3. The molecular formula is C65H126N2O6P+. The van der Waals surface area contributed by atoms with Gasteiger partial charge in [-0.05, 0) is 57.8 Å². The van der Waals surface area contributed by atoms with Gasteiger partial charge in [-0.2, -0.15) is 0 Å². The summed E-state index contributed by atoms with van der Waals surface area (Å²) in [5.41, 5.74) is 0. The number of quaternary nitrogens is 1. The van der Waals surface area contributed by atoms with Gasteiger partial charge in [0.05, 0.1) is 39.9 Å². The molecule has 436 valence electrons. The SMILES string of the molecule is CCCCCCC/C=C\C/C=C\C/C=C\CCCCCCCCCCCCCCCCCCCCCCCCCCC(=O)NC(COP(=O)(O)OCC[N+](C)(C)C)C(O)/C=C/CCCCCCCCCCCCC. The van der Waals surface area contributed by atoms with Crippen LogP contribution in [0, 0.1) is 0 Å². The number of aliphatic hydroxyl groups is 1. The maximum absolute atomic E-state index is 13.0. The molecule has 0 aromatic carbocycles. The summed E-state index contributed by atoms with van der Waals surface area (Å²) < 4.78 is 23.7. The molecule has 0 saturated heterocycles. The summed E-state index contributed by atoms with van der Waals surface area (Å²) in [6, 6.07) is -0.844. The number of rotatable bonds is 59. The van der Waals surface area contributed by atoms with Crippen LogP contribution < -0.4 is 5.32 Å². The highest BCUT2D eigenvalue weighted by atomic mass is 31.2. The van der Waals surface area contributed by atoms with E-state index in [4.69, 9.17) is 9.05 Å².